The molecule has 4 rings (SSSR count). The highest BCUT2D eigenvalue weighted by molar-refractivity contribution is 7.87. The van der Waals surface area contributed by atoms with Gasteiger partial charge in [0.2, 0.25) is 6.29 Å². The van der Waals surface area contributed by atoms with Gasteiger partial charge >= 0.3 is 16.1 Å². The van der Waals surface area contributed by atoms with Crippen LogP contribution in [0.15, 0.2) is 41.3 Å². The smallest absolute Gasteiger partial charge is 0.339 e. The molecule has 9 heteroatoms. The van der Waals surface area contributed by atoms with Crippen molar-refractivity contribution >= 4 is 16.1 Å². The van der Waals surface area contributed by atoms with Gasteiger partial charge in [-0.15, -0.1) is 0 Å². The topological polar surface area (TPSA) is 108 Å². The molecule has 148 valence electrons. The van der Waals surface area contributed by atoms with Gasteiger partial charge in [0.05, 0.1) is 13.0 Å². The summed E-state index contributed by atoms with van der Waals surface area (Å²) in [5, 5.41) is 9.95. The molecule has 1 N–H and O–H groups in total. The Bertz CT molecular complexity index is 1030. The Morgan fingerprint density at radius 1 is 1.21 bits per heavy atom. The molecule has 8 nitrogen and oxygen atoms in total. The fraction of sp³-hybridized carbons (Fsp3) is 0.316. The third-order valence-corrected chi connectivity index (χ3v) is 6.02. The van der Waals surface area contributed by atoms with Crippen molar-refractivity contribution in [2.45, 2.75) is 36.6 Å². The highest BCUT2D eigenvalue weighted by Gasteiger charge is 2.49. The molecule has 2 unspecified atom stereocenters. The second kappa shape index (κ2) is 6.68. The molecule has 3 atom stereocenters. The summed E-state index contributed by atoms with van der Waals surface area (Å²) in [5.74, 6) is -0.974. The van der Waals surface area contributed by atoms with Gasteiger partial charge < -0.3 is 23.5 Å². The van der Waals surface area contributed by atoms with E-state index in [0.29, 0.717) is 5.56 Å². The number of carbonyl (C=O) groups is 1. The van der Waals surface area contributed by atoms with E-state index in [4.69, 9.17) is 18.4 Å². The zero-order chi connectivity index (χ0) is 20.1. The Morgan fingerprint density at radius 2 is 1.93 bits per heavy atom. The second-order valence-corrected chi connectivity index (χ2v) is 8.23. The maximum atomic E-state index is 12.7. The lowest BCUT2D eigenvalue weighted by Crippen LogP contribution is -2.24. The minimum Gasteiger partial charge on any atom is -0.508 e. The first-order valence-electron chi connectivity index (χ1n) is 8.56. The molecular formula is C19H18O8S. The van der Waals surface area contributed by atoms with Crippen molar-refractivity contribution in [2.24, 2.45) is 0 Å². The maximum Gasteiger partial charge on any atom is 0.339 e. The number of phenolic OH excluding ortho intramolecular Hbond substituents is 1. The summed E-state index contributed by atoms with van der Waals surface area (Å²) in [5.41, 5.74) is 1.34. The van der Waals surface area contributed by atoms with Crippen LogP contribution in [0.25, 0.3) is 0 Å². The highest BCUT2D eigenvalue weighted by atomic mass is 32.2. The molecule has 0 radical (unpaired) electrons. The van der Waals surface area contributed by atoms with Crippen molar-refractivity contribution < 1.29 is 36.7 Å². The third kappa shape index (κ3) is 3.16. The minimum atomic E-state index is -4.13. The zero-order valence-electron chi connectivity index (χ0n) is 15.1. The van der Waals surface area contributed by atoms with Crippen LogP contribution in [0.2, 0.25) is 0 Å². The third-order valence-electron chi connectivity index (χ3n) is 4.77. The number of hydrogen-bond donors (Lipinski definition) is 1. The van der Waals surface area contributed by atoms with Crippen molar-refractivity contribution in [3.63, 3.8) is 0 Å². The van der Waals surface area contributed by atoms with Gasteiger partial charge in [0.15, 0.2) is 11.9 Å². The molecule has 28 heavy (non-hydrogen) atoms. The molecule has 0 aromatic heterocycles. The van der Waals surface area contributed by atoms with Gasteiger partial charge in [0.1, 0.15) is 16.4 Å². The van der Waals surface area contributed by atoms with Crippen molar-refractivity contribution in [1.82, 2.24) is 0 Å². The number of fused-ring (bicyclic) bond motifs is 3. The lowest BCUT2D eigenvalue weighted by molar-refractivity contribution is -0.159. The van der Waals surface area contributed by atoms with E-state index in [-0.39, 0.29) is 28.6 Å². The van der Waals surface area contributed by atoms with Crippen LogP contribution >= 0.6 is 0 Å². The van der Waals surface area contributed by atoms with Crippen LogP contribution in [-0.2, 0) is 24.4 Å². The first kappa shape index (κ1) is 18.6. The van der Waals surface area contributed by atoms with E-state index in [1.807, 2.05) is 6.92 Å². The molecule has 2 aliphatic rings. The summed E-state index contributed by atoms with van der Waals surface area (Å²) in [6.07, 6.45) is -1.36. The van der Waals surface area contributed by atoms with Crippen LogP contribution in [-0.4, -0.2) is 39.0 Å². The average molecular weight is 406 g/mol. The number of hydrogen-bond acceptors (Lipinski definition) is 8. The quantitative estimate of drug-likeness (QED) is 0.608. The molecule has 2 aliphatic heterocycles. The molecule has 0 saturated carbocycles. The highest BCUT2D eigenvalue weighted by Crippen LogP contribution is 2.52. The Kier molecular flexibility index (Phi) is 4.43. The second-order valence-electron chi connectivity index (χ2n) is 6.68. The molecular weight excluding hydrogens is 388 g/mol. The molecule has 2 aromatic carbocycles. The Hall–Kier alpha value is -2.78. The molecule has 0 bridgehead atoms. The fourth-order valence-electron chi connectivity index (χ4n) is 3.42. The van der Waals surface area contributed by atoms with E-state index in [1.54, 1.807) is 12.1 Å². The number of phenols is 1. The molecule has 1 saturated heterocycles. The van der Waals surface area contributed by atoms with E-state index >= 15 is 0 Å². The van der Waals surface area contributed by atoms with E-state index < -0.39 is 34.4 Å². The van der Waals surface area contributed by atoms with E-state index in [1.165, 1.54) is 31.4 Å². The number of ether oxygens (including phenoxy) is 3. The van der Waals surface area contributed by atoms with E-state index in [9.17, 15) is 18.3 Å². The van der Waals surface area contributed by atoms with Crippen molar-refractivity contribution in [3.05, 3.63) is 47.5 Å². The standard InChI is InChI=1S/C19H18O8S/c1-10-3-5-12(6-4-10)28(22,23)27-15-8-11(20)7-14-17(15)13-9-16(18(21)24-2)26-19(13)25-14/h3-8,13,16,19-20H,9H2,1-2H3/t13?,16-,19?/m0/s1. The lowest BCUT2D eigenvalue weighted by atomic mass is 9.95. The first-order valence-corrected chi connectivity index (χ1v) is 9.97. The SMILES string of the molecule is COC(=O)[C@@H]1CC2c3c(cc(O)cc3OS(=O)(=O)c3ccc(C)cc3)OC2O1. The monoisotopic (exact) mass is 406 g/mol. The Balaban J connectivity index is 1.69. The molecule has 0 amide bonds. The molecule has 2 aromatic rings. The predicted molar refractivity (Wildman–Crippen MR) is 95.8 cm³/mol. The van der Waals surface area contributed by atoms with Crippen LogP contribution in [0.3, 0.4) is 0 Å². The number of aromatic hydroxyl groups is 1. The van der Waals surface area contributed by atoms with Gasteiger partial charge in [0, 0.05) is 17.7 Å². The zero-order valence-corrected chi connectivity index (χ0v) is 15.9. The number of carbonyl (C=O) groups excluding carboxylic acids is 1. The van der Waals surface area contributed by atoms with Crippen molar-refractivity contribution in [2.75, 3.05) is 7.11 Å². The van der Waals surface area contributed by atoms with Gasteiger partial charge in [-0.2, -0.15) is 8.42 Å². The van der Waals surface area contributed by atoms with E-state index in [2.05, 4.69) is 0 Å². The van der Waals surface area contributed by atoms with Crippen LogP contribution in [0.5, 0.6) is 17.2 Å². The van der Waals surface area contributed by atoms with E-state index in [0.717, 1.165) is 5.56 Å². The summed E-state index contributed by atoms with van der Waals surface area (Å²) in [6, 6.07) is 8.78. The molecule has 0 aliphatic carbocycles. The van der Waals surface area contributed by atoms with Gasteiger partial charge in [-0.05, 0) is 25.5 Å². The number of aryl methyl sites for hydroxylation is 1. The van der Waals surface area contributed by atoms with Crippen LogP contribution < -0.4 is 8.92 Å². The van der Waals surface area contributed by atoms with Gasteiger partial charge in [-0.1, -0.05) is 17.7 Å². The Labute approximate surface area is 161 Å². The summed E-state index contributed by atoms with van der Waals surface area (Å²) in [7, 11) is -2.87. The number of benzene rings is 2. The lowest BCUT2D eigenvalue weighted by Gasteiger charge is -2.14. The summed E-state index contributed by atoms with van der Waals surface area (Å²) in [6.45, 7) is 1.84. The van der Waals surface area contributed by atoms with Crippen LogP contribution in [0, 0.1) is 6.92 Å². The normalized spacial score (nSPS) is 22.9. The van der Waals surface area contributed by atoms with Crippen LogP contribution in [0.1, 0.15) is 23.5 Å². The largest absolute Gasteiger partial charge is 0.508 e. The predicted octanol–water partition coefficient (Wildman–Crippen LogP) is 2.23. The summed E-state index contributed by atoms with van der Waals surface area (Å²) < 4.78 is 46.6. The number of esters is 1. The van der Waals surface area contributed by atoms with Gasteiger partial charge in [-0.25, -0.2) is 4.79 Å². The minimum absolute atomic E-state index is 0.0132. The van der Waals surface area contributed by atoms with Crippen molar-refractivity contribution in [3.8, 4) is 17.2 Å². The average Bonchev–Trinajstić information content (AvgIpc) is 3.18. The molecule has 1 fully saturated rings. The summed E-state index contributed by atoms with van der Waals surface area (Å²) >= 11 is 0. The van der Waals surface area contributed by atoms with Gasteiger partial charge in [0.25, 0.3) is 0 Å². The molecule has 0 spiro atoms. The maximum absolute atomic E-state index is 12.7. The van der Waals surface area contributed by atoms with Crippen LogP contribution in [0.4, 0.5) is 0 Å². The summed E-state index contributed by atoms with van der Waals surface area (Å²) in [4.78, 5) is 11.8. The number of rotatable bonds is 4. The Morgan fingerprint density at radius 3 is 2.61 bits per heavy atom. The van der Waals surface area contributed by atoms with Crippen molar-refractivity contribution in [1.29, 1.82) is 0 Å². The number of methoxy groups -OCH3 is 1. The molecule has 2 heterocycles. The van der Waals surface area contributed by atoms with Gasteiger partial charge in [-0.3, -0.25) is 0 Å². The fourth-order valence-corrected chi connectivity index (χ4v) is 4.36. The first-order chi connectivity index (χ1) is 13.3.